The molecule has 0 spiro atoms. The van der Waals surface area contributed by atoms with E-state index in [4.69, 9.17) is 0 Å². The SMILES string of the molecule is CCN(C)C(=O)C(C)NS(=O)(=O)c1ccc(F)cc1Br. The van der Waals surface area contributed by atoms with Crippen LogP contribution in [0.4, 0.5) is 4.39 Å². The second kappa shape index (κ2) is 6.64. The minimum absolute atomic E-state index is 0.105. The number of halogens is 2. The molecule has 1 atom stereocenters. The summed E-state index contributed by atoms with van der Waals surface area (Å²) < 4.78 is 39.7. The number of benzene rings is 1. The first-order chi connectivity index (χ1) is 9.19. The van der Waals surface area contributed by atoms with Crippen molar-refractivity contribution in [2.24, 2.45) is 0 Å². The van der Waals surface area contributed by atoms with Crippen LogP contribution in [0, 0.1) is 5.82 Å². The van der Waals surface area contributed by atoms with Gasteiger partial charge in [-0.15, -0.1) is 0 Å². The van der Waals surface area contributed by atoms with Gasteiger partial charge in [0.05, 0.1) is 10.9 Å². The summed E-state index contributed by atoms with van der Waals surface area (Å²) in [5.41, 5.74) is 0. The standard InChI is InChI=1S/C12H16BrFN2O3S/c1-4-16(3)12(17)8(2)15-20(18,19)11-6-5-9(14)7-10(11)13/h5-8,15H,4H2,1-3H3. The lowest BCUT2D eigenvalue weighted by Gasteiger charge is -2.20. The van der Waals surface area contributed by atoms with Crippen LogP contribution >= 0.6 is 15.9 Å². The Balaban J connectivity index is 2.98. The van der Waals surface area contributed by atoms with Crippen molar-refractivity contribution in [1.29, 1.82) is 0 Å². The third-order valence-electron chi connectivity index (χ3n) is 2.74. The number of carbonyl (C=O) groups excluding carboxylic acids is 1. The van der Waals surface area contributed by atoms with Gasteiger partial charge in [-0.25, -0.2) is 12.8 Å². The third kappa shape index (κ3) is 4.00. The van der Waals surface area contributed by atoms with Crippen LogP contribution in [0.3, 0.4) is 0 Å². The molecule has 1 amide bonds. The molecular weight excluding hydrogens is 351 g/mol. The molecule has 8 heteroatoms. The summed E-state index contributed by atoms with van der Waals surface area (Å²) >= 11 is 3.00. The Labute approximate surface area is 126 Å². The van der Waals surface area contributed by atoms with Gasteiger partial charge < -0.3 is 4.90 Å². The minimum Gasteiger partial charge on any atom is -0.345 e. The molecular formula is C12H16BrFN2O3S. The number of hydrogen-bond acceptors (Lipinski definition) is 3. The fourth-order valence-electron chi connectivity index (χ4n) is 1.53. The number of nitrogens with one attached hydrogen (secondary N) is 1. The molecule has 1 unspecified atom stereocenters. The Morgan fingerprint density at radius 1 is 1.50 bits per heavy atom. The zero-order chi connectivity index (χ0) is 15.5. The normalized spacial score (nSPS) is 13.1. The molecule has 0 aliphatic rings. The summed E-state index contributed by atoms with van der Waals surface area (Å²) in [6, 6.07) is 2.34. The summed E-state index contributed by atoms with van der Waals surface area (Å²) in [4.78, 5) is 13.1. The Morgan fingerprint density at radius 2 is 2.10 bits per heavy atom. The van der Waals surface area contributed by atoms with Gasteiger partial charge >= 0.3 is 0 Å². The number of rotatable bonds is 5. The van der Waals surface area contributed by atoms with Crippen LogP contribution in [0.1, 0.15) is 13.8 Å². The van der Waals surface area contributed by atoms with Gasteiger partial charge in [0.2, 0.25) is 15.9 Å². The van der Waals surface area contributed by atoms with E-state index in [0.29, 0.717) is 6.54 Å². The fourth-order valence-corrected chi connectivity index (χ4v) is 3.77. The molecule has 0 saturated heterocycles. The molecule has 0 saturated carbocycles. The maximum absolute atomic E-state index is 13.0. The largest absolute Gasteiger partial charge is 0.345 e. The van der Waals surface area contributed by atoms with Crippen molar-refractivity contribution in [3.05, 3.63) is 28.5 Å². The van der Waals surface area contributed by atoms with E-state index in [1.807, 2.05) is 0 Å². The number of nitrogens with zero attached hydrogens (tertiary/aromatic N) is 1. The highest BCUT2D eigenvalue weighted by Gasteiger charge is 2.25. The molecule has 20 heavy (non-hydrogen) atoms. The van der Waals surface area contributed by atoms with E-state index in [1.165, 1.54) is 11.8 Å². The van der Waals surface area contributed by atoms with Crippen LogP contribution < -0.4 is 4.72 Å². The molecule has 0 aliphatic heterocycles. The number of sulfonamides is 1. The van der Waals surface area contributed by atoms with Crippen molar-refractivity contribution in [2.75, 3.05) is 13.6 Å². The smallest absolute Gasteiger partial charge is 0.242 e. The lowest BCUT2D eigenvalue weighted by atomic mass is 10.3. The van der Waals surface area contributed by atoms with Crippen LogP contribution in [0.5, 0.6) is 0 Å². The lowest BCUT2D eigenvalue weighted by molar-refractivity contribution is -0.131. The number of carbonyl (C=O) groups is 1. The summed E-state index contributed by atoms with van der Waals surface area (Å²) in [6.45, 7) is 3.73. The van der Waals surface area contributed by atoms with E-state index < -0.39 is 21.9 Å². The minimum atomic E-state index is -3.90. The Hall–Kier alpha value is -0.990. The van der Waals surface area contributed by atoms with Crippen molar-refractivity contribution < 1.29 is 17.6 Å². The predicted octanol–water partition coefficient (Wildman–Crippen LogP) is 1.73. The lowest BCUT2D eigenvalue weighted by Crippen LogP contribution is -2.45. The van der Waals surface area contributed by atoms with Crippen LogP contribution in [0.2, 0.25) is 0 Å². The first-order valence-corrected chi connectivity index (χ1v) is 8.19. The topological polar surface area (TPSA) is 66.5 Å². The van der Waals surface area contributed by atoms with E-state index in [-0.39, 0.29) is 15.3 Å². The maximum Gasteiger partial charge on any atom is 0.242 e. The van der Waals surface area contributed by atoms with E-state index in [1.54, 1.807) is 14.0 Å². The summed E-state index contributed by atoms with van der Waals surface area (Å²) in [5, 5.41) is 0. The Morgan fingerprint density at radius 3 is 2.60 bits per heavy atom. The average Bonchev–Trinajstić information content (AvgIpc) is 2.35. The van der Waals surface area contributed by atoms with Gasteiger partial charge in [0, 0.05) is 18.1 Å². The molecule has 1 aromatic rings. The zero-order valence-corrected chi connectivity index (χ0v) is 13.8. The molecule has 0 aliphatic carbocycles. The van der Waals surface area contributed by atoms with Crippen molar-refractivity contribution in [2.45, 2.75) is 24.8 Å². The average molecular weight is 367 g/mol. The highest BCUT2D eigenvalue weighted by Crippen LogP contribution is 2.22. The third-order valence-corrected chi connectivity index (χ3v) is 5.25. The van der Waals surface area contributed by atoms with Crippen LogP contribution in [-0.4, -0.2) is 38.9 Å². The van der Waals surface area contributed by atoms with Crippen LogP contribution in [-0.2, 0) is 14.8 Å². The summed E-state index contributed by atoms with van der Waals surface area (Å²) in [5.74, 6) is -0.889. The first kappa shape index (κ1) is 17.1. The molecule has 0 aromatic heterocycles. The molecule has 0 radical (unpaired) electrons. The van der Waals surface area contributed by atoms with Crippen LogP contribution in [0.25, 0.3) is 0 Å². The van der Waals surface area contributed by atoms with Gasteiger partial charge in [-0.3, -0.25) is 4.79 Å². The highest BCUT2D eigenvalue weighted by atomic mass is 79.9. The quantitative estimate of drug-likeness (QED) is 0.862. The van der Waals surface area contributed by atoms with Crippen LogP contribution in [0.15, 0.2) is 27.6 Å². The van der Waals surface area contributed by atoms with Crippen molar-refractivity contribution in [3.63, 3.8) is 0 Å². The van der Waals surface area contributed by atoms with Gasteiger partial charge in [0.1, 0.15) is 5.82 Å². The van der Waals surface area contributed by atoms with E-state index in [0.717, 1.165) is 18.2 Å². The number of amides is 1. The molecule has 0 heterocycles. The molecule has 1 aromatic carbocycles. The monoisotopic (exact) mass is 366 g/mol. The van der Waals surface area contributed by atoms with Gasteiger partial charge in [0.25, 0.3) is 0 Å². The predicted molar refractivity (Wildman–Crippen MR) is 77.2 cm³/mol. The molecule has 0 bridgehead atoms. The van der Waals surface area contributed by atoms with E-state index in [2.05, 4.69) is 20.7 Å². The van der Waals surface area contributed by atoms with Crippen molar-refractivity contribution >= 4 is 31.9 Å². The van der Waals surface area contributed by atoms with Gasteiger partial charge in [-0.05, 0) is 48.0 Å². The second-order valence-corrected chi connectivity index (χ2v) is 6.81. The Kier molecular flexibility index (Phi) is 5.67. The van der Waals surface area contributed by atoms with E-state index in [9.17, 15) is 17.6 Å². The highest BCUT2D eigenvalue weighted by molar-refractivity contribution is 9.10. The molecule has 0 fully saturated rings. The second-order valence-electron chi connectivity index (χ2n) is 4.27. The maximum atomic E-state index is 13.0. The summed E-state index contributed by atoms with van der Waals surface area (Å²) in [6.07, 6.45) is 0. The first-order valence-electron chi connectivity index (χ1n) is 5.91. The number of hydrogen-bond donors (Lipinski definition) is 1. The fraction of sp³-hybridized carbons (Fsp3) is 0.417. The van der Waals surface area contributed by atoms with Gasteiger partial charge in [-0.2, -0.15) is 4.72 Å². The van der Waals surface area contributed by atoms with Gasteiger partial charge in [-0.1, -0.05) is 0 Å². The molecule has 1 N–H and O–H groups in total. The van der Waals surface area contributed by atoms with E-state index >= 15 is 0 Å². The molecule has 5 nitrogen and oxygen atoms in total. The summed E-state index contributed by atoms with van der Waals surface area (Å²) in [7, 11) is -2.32. The van der Waals surface area contributed by atoms with Crippen molar-refractivity contribution in [3.8, 4) is 0 Å². The molecule has 1 rings (SSSR count). The molecule has 112 valence electrons. The zero-order valence-electron chi connectivity index (χ0n) is 11.4. The van der Waals surface area contributed by atoms with Gasteiger partial charge in [0.15, 0.2) is 0 Å². The Bertz CT molecular complexity index is 607. The number of likely N-dealkylation sites (N-methyl/N-ethyl adjacent to an activating group) is 1. The van der Waals surface area contributed by atoms with Crippen molar-refractivity contribution in [1.82, 2.24) is 9.62 Å².